The fourth-order valence-electron chi connectivity index (χ4n) is 6.61. The van der Waals surface area contributed by atoms with Crippen molar-refractivity contribution in [3.8, 4) is 5.75 Å². The van der Waals surface area contributed by atoms with Crippen LogP contribution in [0.3, 0.4) is 0 Å². The summed E-state index contributed by atoms with van der Waals surface area (Å²) in [7, 11) is 1.69. The van der Waals surface area contributed by atoms with E-state index in [9.17, 15) is 9.59 Å². The summed E-state index contributed by atoms with van der Waals surface area (Å²) >= 11 is 0. The van der Waals surface area contributed by atoms with Crippen molar-refractivity contribution in [3.63, 3.8) is 0 Å². The molecule has 9 nitrogen and oxygen atoms in total. The van der Waals surface area contributed by atoms with Crippen molar-refractivity contribution in [3.05, 3.63) is 59.7 Å². The van der Waals surface area contributed by atoms with Gasteiger partial charge in [0.05, 0.1) is 12.8 Å². The lowest BCUT2D eigenvalue weighted by Crippen LogP contribution is -2.67. The Kier molecular flexibility index (Phi) is 6.88. The van der Waals surface area contributed by atoms with Gasteiger partial charge in [-0.2, -0.15) is 0 Å². The molecule has 0 aromatic heterocycles. The molecule has 3 heterocycles. The molecule has 4 fully saturated rings. The third-order valence-corrected chi connectivity index (χ3v) is 8.70. The van der Waals surface area contributed by atoms with Crippen LogP contribution in [0.2, 0.25) is 0 Å². The highest BCUT2D eigenvalue weighted by molar-refractivity contribution is 5.85. The lowest BCUT2D eigenvalue weighted by atomic mass is 9.80. The lowest BCUT2D eigenvalue weighted by Gasteiger charge is -2.50. The lowest BCUT2D eigenvalue weighted by molar-refractivity contribution is -0.134. The zero-order valence-corrected chi connectivity index (χ0v) is 22.3. The number of nitrogens with one attached hydrogen (secondary N) is 2. The first-order valence-corrected chi connectivity index (χ1v) is 13.9. The first kappa shape index (κ1) is 25.0. The van der Waals surface area contributed by atoms with Gasteiger partial charge in [0.2, 0.25) is 5.91 Å². The van der Waals surface area contributed by atoms with Crippen molar-refractivity contribution in [1.29, 1.82) is 0 Å². The number of nitrogens with zero attached hydrogens (tertiary/aromatic N) is 4. The minimum Gasteiger partial charge on any atom is -0.495 e. The van der Waals surface area contributed by atoms with Gasteiger partial charge < -0.3 is 19.4 Å². The third-order valence-electron chi connectivity index (χ3n) is 8.70. The first-order valence-electron chi connectivity index (χ1n) is 13.9. The second-order valence-corrected chi connectivity index (χ2v) is 10.9. The molecule has 3 amide bonds. The minimum absolute atomic E-state index is 0.0306. The number of para-hydroxylation sites is 2. The molecule has 4 atom stereocenters. The van der Waals surface area contributed by atoms with Crippen LogP contribution in [0.15, 0.2) is 48.5 Å². The number of hydrogen-bond donors (Lipinski definition) is 2. The molecule has 1 saturated carbocycles. The van der Waals surface area contributed by atoms with Gasteiger partial charge in [-0.15, -0.1) is 0 Å². The molecular formula is C29H38N6O3. The maximum atomic E-state index is 13.8. The van der Waals surface area contributed by atoms with Gasteiger partial charge in [-0.3, -0.25) is 10.1 Å². The normalized spacial score (nSPS) is 27.3. The fraction of sp³-hybridized carbons (Fsp3) is 0.517. The summed E-state index contributed by atoms with van der Waals surface area (Å²) in [5, 5.41) is 5.44. The molecule has 6 rings (SSSR count). The maximum Gasteiger partial charge on any atom is 0.336 e. The van der Waals surface area contributed by atoms with Crippen LogP contribution in [0.25, 0.3) is 0 Å². The van der Waals surface area contributed by atoms with Gasteiger partial charge in [-0.05, 0) is 37.5 Å². The number of hydrogen-bond acceptors (Lipinski definition) is 6. The zero-order valence-electron chi connectivity index (χ0n) is 22.3. The molecule has 4 aliphatic rings. The summed E-state index contributed by atoms with van der Waals surface area (Å²) in [6, 6.07) is 16.4. The number of hydrazine groups is 1. The number of piperazine rings is 1. The Morgan fingerprint density at radius 3 is 2.50 bits per heavy atom. The SMILES string of the molecule is COc1ccccc1N1CCN(C(=O)CN2C(=O)N3NC(c4ccc(C)cc4)NC3C3CCCCC32)CC1. The number of benzene rings is 2. The second-order valence-electron chi connectivity index (χ2n) is 10.9. The van der Waals surface area contributed by atoms with Crippen LogP contribution in [0, 0.1) is 12.8 Å². The van der Waals surface area contributed by atoms with Crippen LogP contribution >= 0.6 is 0 Å². The summed E-state index contributed by atoms with van der Waals surface area (Å²) in [6.45, 7) is 4.96. The van der Waals surface area contributed by atoms with E-state index in [1.54, 1.807) is 12.1 Å². The van der Waals surface area contributed by atoms with Crippen LogP contribution in [0.1, 0.15) is 43.0 Å². The zero-order chi connectivity index (χ0) is 26.2. The van der Waals surface area contributed by atoms with Crippen LogP contribution in [0.4, 0.5) is 10.5 Å². The van der Waals surface area contributed by atoms with Crippen molar-refractivity contribution < 1.29 is 14.3 Å². The molecule has 2 aromatic rings. The summed E-state index contributed by atoms with van der Waals surface area (Å²) in [5.41, 5.74) is 6.79. The maximum absolute atomic E-state index is 13.8. The van der Waals surface area contributed by atoms with E-state index in [0.29, 0.717) is 19.0 Å². The van der Waals surface area contributed by atoms with Crippen molar-refractivity contribution in [2.45, 2.75) is 51.0 Å². The molecule has 202 valence electrons. The van der Waals surface area contributed by atoms with Crippen molar-refractivity contribution in [2.24, 2.45) is 5.92 Å². The van der Waals surface area contributed by atoms with Crippen LogP contribution in [-0.4, -0.2) is 78.8 Å². The Bertz CT molecular complexity index is 1170. The number of urea groups is 1. The summed E-state index contributed by atoms with van der Waals surface area (Å²) in [5.74, 6) is 1.17. The van der Waals surface area contributed by atoms with E-state index in [1.807, 2.05) is 28.0 Å². The van der Waals surface area contributed by atoms with Gasteiger partial charge in [0.1, 0.15) is 24.6 Å². The molecule has 2 N–H and O–H groups in total. The molecule has 0 radical (unpaired) electrons. The number of methoxy groups -OCH3 is 1. The number of fused-ring (bicyclic) bond motifs is 3. The molecule has 0 bridgehead atoms. The Labute approximate surface area is 224 Å². The number of rotatable bonds is 5. The molecular weight excluding hydrogens is 480 g/mol. The molecule has 4 unspecified atom stereocenters. The number of carbonyl (C=O) groups excluding carboxylic acids is 2. The summed E-state index contributed by atoms with van der Waals surface area (Å²) < 4.78 is 5.53. The van der Waals surface area contributed by atoms with E-state index in [1.165, 1.54) is 5.56 Å². The van der Waals surface area contributed by atoms with Crippen molar-refractivity contribution >= 4 is 17.6 Å². The van der Waals surface area contributed by atoms with Gasteiger partial charge in [0, 0.05) is 38.1 Å². The van der Waals surface area contributed by atoms with Gasteiger partial charge in [-0.25, -0.2) is 15.2 Å². The number of ether oxygens (including phenoxy) is 1. The number of anilines is 1. The van der Waals surface area contributed by atoms with Gasteiger partial charge in [0.15, 0.2) is 0 Å². The van der Waals surface area contributed by atoms with E-state index in [-0.39, 0.29) is 36.9 Å². The third kappa shape index (κ3) is 4.58. The minimum atomic E-state index is -0.120. The highest BCUT2D eigenvalue weighted by atomic mass is 16.5. The van der Waals surface area contributed by atoms with Crippen LogP contribution in [0.5, 0.6) is 5.75 Å². The topological polar surface area (TPSA) is 80.4 Å². The summed E-state index contributed by atoms with van der Waals surface area (Å²) in [4.78, 5) is 33.3. The van der Waals surface area contributed by atoms with E-state index < -0.39 is 0 Å². The van der Waals surface area contributed by atoms with Gasteiger partial charge in [-0.1, -0.05) is 54.8 Å². The smallest absolute Gasteiger partial charge is 0.336 e. The Morgan fingerprint density at radius 1 is 1.00 bits per heavy atom. The molecule has 38 heavy (non-hydrogen) atoms. The standard InChI is InChI=1S/C29H38N6O3/c1-20-11-13-21(14-12-20)27-30-28-22-7-3-4-8-23(22)34(29(37)35(28)31-27)19-26(36)33-17-15-32(16-18-33)24-9-5-6-10-25(24)38-2/h5-6,9-14,22-23,27-28,30-31H,3-4,7-8,15-19H2,1-2H3. The molecule has 9 heteroatoms. The predicted octanol–water partition coefficient (Wildman–Crippen LogP) is 3.08. The molecule has 3 saturated heterocycles. The molecule has 1 aliphatic carbocycles. The number of aryl methyl sites for hydroxylation is 1. The summed E-state index contributed by atoms with van der Waals surface area (Å²) in [6.07, 6.45) is 4.07. The largest absolute Gasteiger partial charge is 0.495 e. The molecule has 0 spiro atoms. The van der Waals surface area contributed by atoms with E-state index in [0.717, 1.165) is 55.8 Å². The second kappa shape index (κ2) is 10.5. The van der Waals surface area contributed by atoms with E-state index in [4.69, 9.17) is 4.74 Å². The Balaban J connectivity index is 1.13. The highest BCUT2D eigenvalue weighted by Crippen LogP contribution is 2.39. The van der Waals surface area contributed by atoms with Gasteiger partial charge in [0.25, 0.3) is 0 Å². The number of carbonyl (C=O) groups is 2. The fourth-order valence-corrected chi connectivity index (χ4v) is 6.61. The number of amides is 3. The predicted molar refractivity (Wildman–Crippen MR) is 145 cm³/mol. The average Bonchev–Trinajstić information content (AvgIpc) is 3.42. The highest BCUT2D eigenvalue weighted by Gasteiger charge is 2.52. The quantitative estimate of drug-likeness (QED) is 0.634. The van der Waals surface area contributed by atoms with E-state index in [2.05, 4.69) is 52.9 Å². The Morgan fingerprint density at radius 2 is 1.74 bits per heavy atom. The monoisotopic (exact) mass is 518 g/mol. The first-order chi connectivity index (χ1) is 18.5. The van der Waals surface area contributed by atoms with E-state index >= 15 is 0 Å². The molecule has 2 aromatic carbocycles. The van der Waals surface area contributed by atoms with Crippen LogP contribution < -0.4 is 20.4 Å². The van der Waals surface area contributed by atoms with Crippen molar-refractivity contribution in [1.82, 2.24) is 25.6 Å². The average molecular weight is 519 g/mol. The van der Waals surface area contributed by atoms with Crippen LogP contribution in [-0.2, 0) is 4.79 Å². The Hall–Kier alpha value is -3.30. The molecule has 3 aliphatic heterocycles. The van der Waals surface area contributed by atoms with Crippen molar-refractivity contribution in [2.75, 3.05) is 44.7 Å². The van der Waals surface area contributed by atoms with Gasteiger partial charge >= 0.3 is 6.03 Å².